The van der Waals surface area contributed by atoms with Gasteiger partial charge < -0.3 is 15.0 Å². The topological polar surface area (TPSA) is 93.5 Å². The van der Waals surface area contributed by atoms with E-state index in [4.69, 9.17) is 4.74 Å². The lowest BCUT2D eigenvalue weighted by Gasteiger charge is -2.31. The Balaban J connectivity index is 1.52. The van der Waals surface area contributed by atoms with Gasteiger partial charge >= 0.3 is 5.97 Å². The minimum Gasteiger partial charge on any atom is -0.452 e. The second-order valence-electron chi connectivity index (χ2n) is 8.12. The summed E-state index contributed by atoms with van der Waals surface area (Å²) in [5, 5.41) is 7.07. The molecule has 0 unspecified atom stereocenters. The standard InChI is InChI=1S/C23H30N4O4/c1-14-8-6-7-9-19(14)22(29)27-12-10-18(11-13-27)23(30)31-17(4)21(28)24-20-15(2)25-26(5)16(20)3/h6-9,17-18H,10-13H2,1-5H3,(H,24,28)/t17-/m0/s1. The highest BCUT2D eigenvalue weighted by molar-refractivity contribution is 5.96. The number of aromatic nitrogens is 2. The van der Waals surface area contributed by atoms with Gasteiger partial charge in [-0.15, -0.1) is 0 Å². The monoisotopic (exact) mass is 426 g/mol. The van der Waals surface area contributed by atoms with Gasteiger partial charge in [0.1, 0.15) is 0 Å². The lowest BCUT2D eigenvalue weighted by molar-refractivity contribution is -0.158. The molecule has 0 saturated carbocycles. The molecule has 0 spiro atoms. The summed E-state index contributed by atoms with van der Waals surface area (Å²) in [6, 6.07) is 7.50. The van der Waals surface area contributed by atoms with Crippen LogP contribution in [0.4, 0.5) is 5.69 Å². The smallest absolute Gasteiger partial charge is 0.309 e. The number of carbonyl (C=O) groups is 3. The van der Waals surface area contributed by atoms with E-state index >= 15 is 0 Å². The number of hydrogen-bond acceptors (Lipinski definition) is 5. The van der Waals surface area contributed by atoms with E-state index in [-0.39, 0.29) is 17.7 Å². The largest absolute Gasteiger partial charge is 0.452 e. The average Bonchev–Trinajstić information content (AvgIpc) is 2.99. The van der Waals surface area contributed by atoms with Crippen LogP contribution < -0.4 is 5.32 Å². The number of piperidine rings is 1. The Bertz CT molecular complexity index is 989. The van der Waals surface area contributed by atoms with Gasteiger partial charge in [-0.2, -0.15) is 5.10 Å². The second kappa shape index (κ2) is 9.32. The number of esters is 1. The van der Waals surface area contributed by atoms with Crippen molar-refractivity contribution in [1.29, 1.82) is 0 Å². The number of rotatable bonds is 5. The third-order valence-corrected chi connectivity index (χ3v) is 5.91. The molecule has 8 nitrogen and oxygen atoms in total. The molecule has 1 fully saturated rings. The first-order chi connectivity index (χ1) is 14.7. The van der Waals surface area contributed by atoms with Gasteiger partial charge in [-0.05, 0) is 52.2 Å². The minimum atomic E-state index is -0.918. The van der Waals surface area contributed by atoms with Crippen LogP contribution in [0.1, 0.15) is 47.1 Å². The van der Waals surface area contributed by atoms with E-state index in [1.54, 1.807) is 23.6 Å². The van der Waals surface area contributed by atoms with Gasteiger partial charge in [-0.3, -0.25) is 19.1 Å². The van der Waals surface area contributed by atoms with Gasteiger partial charge in [0, 0.05) is 25.7 Å². The Morgan fingerprint density at radius 3 is 2.35 bits per heavy atom. The maximum Gasteiger partial charge on any atom is 0.309 e. The first kappa shape index (κ1) is 22.5. The molecule has 166 valence electrons. The number of carbonyl (C=O) groups excluding carboxylic acids is 3. The number of likely N-dealkylation sites (tertiary alicyclic amines) is 1. The molecular formula is C23H30N4O4. The van der Waals surface area contributed by atoms with Gasteiger partial charge in [0.15, 0.2) is 6.10 Å². The molecule has 2 amide bonds. The quantitative estimate of drug-likeness (QED) is 0.742. The van der Waals surface area contributed by atoms with E-state index in [1.165, 1.54) is 0 Å². The summed E-state index contributed by atoms with van der Waals surface area (Å²) >= 11 is 0. The Morgan fingerprint density at radius 1 is 1.13 bits per heavy atom. The summed E-state index contributed by atoms with van der Waals surface area (Å²) in [5.74, 6) is -1.12. The second-order valence-corrected chi connectivity index (χ2v) is 8.12. The fraction of sp³-hybridized carbons (Fsp3) is 0.478. The number of anilines is 1. The molecule has 0 radical (unpaired) electrons. The Morgan fingerprint density at radius 2 is 1.77 bits per heavy atom. The van der Waals surface area contributed by atoms with E-state index in [9.17, 15) is 14.4 Å². The molecule has 2 aromatic rings. The molecule has 2 heterocycles. The summed E-state index contributed by atoms with van der Waals surface area (Å²) in [5.41, 5.74) is 3.80. The van der Waals surface area contributed by atoms with E-state index in [0.29, 0.717) is 42.9 Å². The van der Waals surface area contributed by atoms with Crippen LogP contribution in [0, 0.1) is 26.7 Å². The molecule has 8 heteroatoms. The van der Waals surface area contributed by atoms with Crippen LogP contribution in [0.15, 0.2) is 24.3 Å². The predicted octanol–water partition coefficient (Wildman–Crippen LogP) is 2.77. The van der Waals surface area contributed by atoms with Crippen molar-refractivity contribution in [1.82, 2.24) is 14.7 Å². The summed E-state index contributed by atoms with van der Waals surface area (Å²) in [6.07, 6.45) is 0.121. The number of amides is 2. The maximum atomic E-state index is 12.7. The van der Waals surface area contributed by atoms with E-state index in [0.717, 1.165) is 11.3 Å². The van der Waals surface area contributed by atoms with E-state index in [1.807, 2.05) is 45.0 Å². The number of ether oxygens (including phenoxy) is 1. The highest BCUT2D eigenvalue weighted by Crippen LogP contribution is 2.23. The van der Waals surface area contributed by atoms with Gasteiger partial charge in [0.25, 0.3) is 11.8 Å². The van der Waals surface area contributed by atoms with Gasteiger partial charge in [-0.1, -0.05) is 18.2 Å². The number of hydrogen-bond donors (Lipinski definition) is 1. The molecule has 1 aliphatic rings. The number of nitrogens with zero attached hydrogens (tertiary/aromatic N) is 3. The lowest BCUT2D eigenvalue weighted by atomic mass is 9.96. The fourth-order valence-corrected chi connectivity index (χ4v) is 3.80. The van der Waals surface area contributed by atoms with Crippen LogP contribution in [0.5, 0.6) is 0 Å². The lowest BCUT2D eigenvalue weighted by Crippen LogP contribution is -2.42. The summed E-state index contributed by atoms with van der Waals surface area (Å²) in [6.45, 7) is 8.12. The molecule has 1 N–H and O–H groups in total. The highest BCUT2D eigenvalue weighted by atomic mass is 16.5. The molecular weight excluding hydrogens is 396 g/mol. The maximum absolute atomic E-state index is 12.7. The van der Waals surface area contributed by atoms with Crippen molar-refractivity contribution in [2.45, 2.75) is 46.6 Å². The van der Waals surface area contributed by atoms with Crippen LogP contribution >= 0.6 is 0 Å². The Labute approximate surface area is 182 Å². The number of benzene rings is 1. The zero-order chi connectivity index (χ0) is 22.7. The molecule has 0 aliphatic carbocycles. The minimum absolute atomic E-state index is 0.0140. The van der Waals surface area contributed by atoms with Crippen LogP contribution in [0.25, 0.3) is 0 Å². The summed E-state index contributed by atoms with van der Waals surface area (Å²) in [7, 11) is 1.80. The Kier molecular flexibility index (Phi) is 6.77. The zero-order valence-electron chi connectivity index (χ0n) is 18.8. The highest BCUT2D eigenvalue weighted by Gasteiger charge is 2.31. The zero-order valence-corrected chi connectivity index (χ0v) is 18.8. The normalized spacial score (nSPS) is 15.5. The third-order valence-electron chi connectivity index (χ3n) is 5.91. The first-order valence-electron chi connectivity index (χ1n) is 10.6. The third kappa shape index (κ3) is 4.95. The van der Waals surface area contributed by atoms with Crippen LogP contribution in [0.2, 0.25) is 0 Å². The van der Waals surface area contributed by atoms with Gasteiger partial charge in [0.05, 0.1) is 23.0 Å². The fourth-order valence-electron chi connectivity index (χ4n) is 3.80. The molecule has 1 aromatic heterocycles. The van der Waals surface area contributed by atoms with Crippen molar-refractivity contribution in [3.63, 3.8) is 0 Å². The van der Waals surface area contributed by atoms with Crippen LogP contribution in [-0.4, -0.2) is 51.7 Å². The predicted molar refractivity (Wildman–Crippen MR) is 117 cm³/mol. The van der Waals surface area contributed by atoms with Crippen LogP contribution in [-0.2, 0) is 21.4 Å². The molecule has 1 atom stereocenters. The molecule has 1 aliphatic heterocycles. The van der Waals surface area contributed by atoms with E-state index < -0.39 is 12.1 Å². The first-order valence-corrected chi connectivity index (χ1v) is 10.6. The number of aryl methyl sites for hydroxylation is 3. The molecule has 1 saturated heterocycles. The average molecular weight is 427 g/mol. The molecule has 0 bridgehead atoms. The molecule has 31 heavy (non-hydrogen) atoms. The molecule has 1 aromatic carbocycles. The van der Waals surface area contributed by atoms with Crippen molar-refractivity contribution in [3.05, 3.63) is 46.8 Å². The summed E-state index contributed by atoms with van der Waals surface area (Å²) in [4.78, 5) is 39.6. The van der Waals surface area contributed by atoms with Gasteiger partial charge in [0.2, 0.25) is 0 Å². The van der Waals surface area contributed by atoms with Crippen molar-refractivity contribution in [2.24, 2.45) is 13.0 Å². The number of nitrogens with one attached hydrogen (secondary N) is 1. The van der Waals surface area contributed by atoms with Crippen molar-refractivity contribution >= 4 is 23.5 Å². The Hall–Kier alpha value is -3.16. The van der Waals surface area contributed by atoms with Crippen LogP contribution in [0.3, 0.4) is 0 Å². The SMILES string of the molecule is Cc1ccccc1C(=O)N1CCC(C(=O)O[C@@H](C)C(=O)Nc2c(C)nn(C)c2C)CC1. The van der Waals surface area contributed by atoms with Crippen molar-refractivity contribution in [3.8, 4) is 0 Å². The summed E-state index contributed by atoms with van der Waals surface area (Å²) < 4.78 is 7.12. The van der Waals surface area contributed by atoms with Crippen molar-refractivity contribution < 1.29 is 19.1 Å². The van der Waals surface area contributed by atoms with E-state index in [2.05, 4.69) is 10.4 Å². The molecule has 3 rings (SSSR count). The van der Waals surface area contributed by atoms with Crippen molar-refractivity contribution in [2.75, 3.05) is 18.4 Å². The van der Waals surface area contributed by atoms with Gasteiger partial charge in [-0.25, -0.2) is 0 Å².